The summed E-state index contributed by atoms with van der Waals surface area (Å²) >= 11 is 0. The lowest BCUT2D eigenvalue weighted by Gasteiger charge is -2.10. The van der Waals surface area contributed by atoms with E-state index in [4.69, 9.17) is 0 Å². The van der Waals surface area contributed by atoms with Gasteiger partial charge in [-0.3, -0.25) is 10.1 Å². The van der Waals surface area contributed by atoms with Crippen molar-refractivity contribution in [2.75, 3.05) is 17.2 Å². The predicted molar refractivity (Wildman–Crippen MR) is 100 cm³/mol. The molecular weight excluding hydrogens is 318 g/mol. The van der Waals surface area contributed by atoms with Crippen LogP contribution in [0.1, 0.15) is 45.1 Å². The molecule has 0 bridgehead atoms. The van der Waals surface area contributed by atoms with Crippen LogP contribution in [0.3, 0.4) is 0 Å². The molecule has 25 heavy (non-hydrogen) atoms. The Labute approximate surface area is 148 Å². The highest BCUT2D eigenvalue weighted by Crippen LogP contribution is 2.31. The van der Waals surface area contributed by atoms with Gasteiger partial charge in [0.15, 0.2) is 0 Å². The van der Waals surface area contributed by atoms with Gasteiger partial charge in [-0.05, 0) is 37.0 Å². The first-order valence-corrected chi connectivity index (χ1v) is 8.75. The molecule has 7 nitrogen and oxygen atoms in total. The zero-order valence-corrected chi connectivity index (χ0v) is 14.8. The average molecular weight is 343 g/mol. The zero-order valence-electron chi connectivity index (χ0n) is 14.8. The number of benzene rings is 1. The Morgan fingerprint density at radius 3 is 2.36 bits per heavy atom. The Morgan fingerprint density at radius 1 is 1.04 bits per heavy atom. The minimum Gasteiger partial charge on any atom is -0.364 e. The summed E-state index contributed by atoms with van der Waals surface area (Å²) in [5.74, 6) is 0.441. The average Bonchev–Trinajstić information content (AvgIpc) is 2.61. The highest BCUT2D eigenvalue weighted by molar-refractivity contribution is 5.73. The smallest absolute Gasteiger partial charge is 0.353 e. The van der Waals surface area contributed by atoms with Crippen molar-refractivity contribution in [2.24, 2.45) is 0 Å². The summed E-state index contributed by atoms with van der Waals surface area (Å²) < 4.78 is 0. The summed E-state index contributed by atoms with van der Waals surface area (Å²) in [5, 5.41) is 17.5. The number of rotatable bonds is 10. The number of nitrogens with zero attached hydrogens (tertiary/aromatic N) is 3. The molecule has 0 saturated carbocycles. The molecule has 134 valence electrons. The Bertz CT molecular complexity index is 688. The second-order valence-corrected chi connectivity index (χ2v) is 5.88. The van der Waals surface area contributed by atoms with Gasteiger partial charge in [0.25, 0.3) is 0 Å². The van der Waals surface area contributed by atoms with Crippen molar-refractivity contribution in [3.63, 3.8) is 0 Å². The maximum absolute atomic E-state index is 11.5. The van der Waals surface area contributed by atoms with Gasteiger partial charge in [0, 0.05) is 12.2 Å². The van der Waals surface area contributed by atoms with E-state index in [0.29, 0.717) is 6.54 Å². The molecule has 2 rings (SSSR count). The number of hydrogen-bond donors (Lipinski definition) is 2. The highest BCUT2D eigenvalue weighted by atomic mass is 16.6. The van der Waals surface area contributed by atoms with E-state index in [1.807, 2.05) is 24.3 Å². The van der Waals surface area contributed by atoms with Gasteiger partial charge < -0.3 is 10.6 Å². The summed E-state index contributed by atoms with van der Waals surface area (Å²) in [7, 11) is 0. The SMILES string of the molecule is CCCCNc1ncnc(Nc2ccc(CCCC)cc2)c1[N+](=O)[O-]. The first kappa shape index (κ1) is 18.6. The third-order valence-electron chi connectivity index (χ3n) is 3.86. The monoisotopic (exact) mass is 343 g/mol. The van der Waals surface area contributed by atoms with E-state index >= 15 is 0 Å². The van der Waals surface area contributed by atoms with Crippen LogP contribution in [0.4, 0.5) is 23.0 Å². The number of hydrogen-bond acceptors (Lipinski definition) is 6. The largest absolute Gasteiger partial charge is 0.364 e. The third-order valence-corrected chi connectivity index (χ3v) is 3.86. The van der Waals surface area contributed by atoms with Crippen LogP contribution < -0.4 is 10.6 Å². The second-order valence-electron chi connectivity index (χ2n) is 5.88. The molecular formula is C18H25N5O2. The Morgan fingerprint density at radius 2 is 1.72 bits per heavy atom. The molecule has 1 heterocycles. The summed E-state index contributed by atoms with van der Waals surface area (Å²) in [6.45, 7) is 4.86. The standard InChI is InChI=1S/C18H25N5O2/c1-3-5-7-14-8-10-15(11-9-14)22-18-16(23(24)25)17(20-13-21-18)19-12-6-4-2/h8-11,13H,3-7,12H2,1-2H3,(H2,19,20,21,22). The van der Waals surface area contributed by atoms with Crippen LogP contribution in [-0.4, -0.2) is 21.4 Å². The summed E-state index contributed by atoms with van der Waals surface area (Å²) in [4.78, 5) is 19.1. The van der Waals surface area contributed by atoms with Crippen LogP contribution in [0.25, 0.3) is 0 Å². The number of aryl methyl sites for hydroxylation is 1. The van der Waals surface area contributed by atoms with Crippen molar-refractivity contribution < 1.29 is 4.92 Å². The number of aromatic nitrogens is 2. The van der Waals surface area contributed by atoms with E-state index in [2.05, 4.69) is 34.4 Å². The Hall–Kier alpha value is -2.70. The molecule has 0 aliphatic heterocycles. The van der Waals surface area contributed by atoms with Gasteiger partial charge in [0.1, 0.15) is 6.33 Å². The third kappa shape index (κ3) is 5.41. The Balaban J connectivity index is 2.17. The molecule has 7 heteroatoms. The van der Waals surface area contributed by atoms with Crippen LogP contribution in [0.2, 0.25) is 0 Å². The number of nitro groups is 1. The van der Waals surface area contributed by atoms with E-state index in [0.717, 1.165) is 37.8 Å². The highest BCUT2D eigenvalue weighted by Gasteiger charge is 2.22. The molecule has 0 aliphatic rings. The summed E-state index contributed by atoms with van der Waals surface area (Å²) in [5.41, 5.74) is 1.89. The Kier molecular flexibility index (Phi) is 7.13. The molecule has 0 unspecified atom stereocenters. The van der Waals surface area contributed by atoms with E-state index in [9.17, 15) is 10.1 Å². The van der Waals surface area contributed by atoms with Gasteiger partial charge in [-0.2, -0.15) is 0 Å². The van der Waals surface area contributed by atoms with Crippen molar-refractivity contribution in [1.82, 2.24) is 9.97 Å². The molecule has 0 atom stereocenters. The molecule has 2 aromatic rings. The van der Waals surface area contributed by atoms with E-state index < -0.39 is 4.92 Å². The number of anilines is 3. The van der Waals surface area contributed by atoms with Gasteiger partial charge in [-0.15, -0.1) is 0 Å². The maximum atomic E-state index is 11.5. The fourth-order valence-corrected chi connectivity index (χ4v) is 2.43. The van der Waals surface area contributed by atoms with Crippen molar-refractivity contribution in [1.29, 1.82) is 0 Å². The van der Waals surface area contributed by atoms with Crippen molar-refractivity contribution in [2.45, 2.75) is 46.0 Å². The van der Waals surface area contributed by atoms with E-state index in [-0.39, 0.29) is 17.3 Å². The molecule has 0 radical (unpaired) electrons. The van der Waals surface area contributed by atoms with Crippen LogP contribution in [0.15, 0.2) is 30.6 Å². The lowest BCUT2D eigenvalue weighted by molar-refractivity contribution is -0.383. The van der Waals surface area contributed by atoms with Crippen LogP contribution in [-0.2, 0) is 6.42 Å². The van der Waals surface area contributed by atoms with Crippen LogP contribution in [0.5, 0.6) is 0 Å². The van der Waals surface area contributed by atoms with E-state index in [1.54, 1.807) is 0 Å². The molecule has 0 aliphatic carbocycles. The lowest BCUT2D eigenvalue weighted by Crippen LogP contribution is -2.09. The molecule has 0 saturated heterocycles. The fourth-order valence-electron chi connectivity index (χ4n) is 2.43. The minimum atomic E-state index is -0.452. The second kappa shape index (κ2) is 9.56. The summed E-state index contributed by atoms with van der Waals surface area (Å²) in [6, 6.07) is 7.90. The van der Waals surface area contributed by atoms with Gasteiger partial charge >= 0.3 is 5.69 Å². The summed E-state index contributed by atoms with van der Waals surface area (Å²) in [6.07, 6.45) is 6.59. The van der Waals surface area contributed by atoms with Crippen molar-refractivity contribution in [3.8, 4) is 0 Å². The molecule has 0 amide bonds. The lowest BCUT2D eigenvalue weighted by atomic mass is 10.1. The normalized spacial score (nSPS) is 10.5. The molecule has 2 N–H and O–H groups in total. The predicted octanol–water partition coefficient (Wildman–Crippen LogP) is 4.68. The number of nitrogens with one attached hydrogen (secondary N) is 2. The van der Waals surface area contributed by atoms with Crippen molar-refractivity contribution in [3.05, 3.63) is 46.3 Å². The van der Waals surface area contributed by atoms with Crippen LogP contribution in [0, 0.1) is 10.1 Å². The van der Waals surface area contributed by atoms with Gasteiger partial charge in [-0.25, -0.2) is 9.97 Å². The van der Waals surface area contributed by atoms with E-state index in [1.165, 1.54) is 11.9 Å². The topological polar surface area (TPSA) is 93.0 Å². The molecule has 1 aromatic heterocycles. The quantitative estimate of drug-likeness (QED) is 0.369. The molecule has 0 spiro atoms. The first-order chi connectivity index (χ1) is 12.2. The van der Waals surface area contributed by atoms with Gasteiger partial charge in [0.2, 0.25) is 11.6 Å². The minimum absolute atomic E-state index is 0.131. The maximum Gasteiger partial charge on any atom is 0.353 e. The van der Waals surface area contributed by atoms with Gasteiger partial charge in [-0.1, -0.05) is 38.8 Å². The van der Waals surface area contributed by atoms with Crippen molar-refractivity contribution >= 4 is 23.0 Å². The molecule has 0 fully saturated rings. The number of unbranched alkanes of at least 4 members (excludes halogenated alkanes) is 2. The van der Waals surface area contributed by atoms with Crippen LogP contribution >= 0.6 is 0 Å². The molecule has 1 aromatic carbocycles. The zero-order chi connectivity index (χ0) is 18.1. The fraction of sp³-hybridized carbons (Fsp3) is 0.444. The first-order valence-electron chi connectivity index (χ1n) is 8.75. The van der Waals surface area contributed by atoms with Gasteiger partial charge in [0.05, 0.1) is 4.92 Å².